The van der Waals surface area contributed by atoms with Crippen molar-refractivity contribution in [2.75, 3.05) is 4.72 Å². The van der Waals surface area contributed by atoms with Crippen LogP contribution >= 0.6 is 0 Å². The zero-order chi connectivity index (χ0) is 21.7. The third kappa shape index (κ3) is 5.36. The Hall–Kier alpha value is -2.92. The fourth-order valence-corrected chi connectivity index (χ4v) is 4.49. The van der Waals surface area contributed by atoms with Crippen molar-refractivity contribution in [3.05, 3.63) is 95.1 Å². The largest absolute Gasteiger partial charge is 0.309 e. The molecule has 5 heteroatoms. The zero-order valence-electron chi connectivity index (χ0n) is 17.6. The van der Waals surface area contributed by atoms with Crippen molar-refractivity contribution in [2.45, 2.75) is 44.4 Å². The van der Waals surface area contributed by atoms with Crippen molar-refractivity contribution in [2.24, 2.45) is 0 Å². The average Bonchev–Trinajstić information content (AvgIpc) is 2.72. The van der Waals surface area contributed by atoms with E-state index in [1.54, 1.807) is 25.1 Å². The predicted molar refractivity (Wildman–Crippen MR) is 124 cm³/mol. The first-order valence-electron chi connectivity index (χ1n) is 10.1. The minimum absolute atomic E-state index is 0.0130. The molecule has 2 N–H and O–H groups in total. The summed E-state index contributed by atoms with van der Waals surface area (Å²) in [6.07, 6.45) is 1.79. The van der Waals surface area contributed by atoms with Crippen LogP contribution in [0.3, 0.4) is 0 Å². The monoisotopic (exact) mass is 420 g/mol. The van der Waals surface area contributed by atoms with Gasteiger partial charge in [0.25, 0.3) is 10.0 Å². The smallest absolute Gasteiger partial charge is 0.261 e. The first-order chi connectivity index (χ1) is 14.3. The Kier molecular flexibility index (Phi) is 6.73. The molecule has 0 radical (unpaired) electrons. The lowest BCUT2D eigenvalue weighted by Gasteiger charge is -2.15. The maximum Gasteiger partial charge on any atom is 0.261 e. The van der Waals surface area contributed by atoms with Crippen LogP contribution in [0.1, 0.15) is 42.0 Å². The summed E-state index contributed by atoms with van der Waals surface area (Å²) in [5.41, 5.74) is 5.48. The average molecular weight is 421 g/mol. The van der Waals surface area contributed by atoms with Gasteiger partial charge in [-0.1, -0.05) is 55.5 Å². The fourth-order valence-electron chi connectivity index (χ4n) is 3.44. The third-order valence-electron chi connectivity index (χ3n) is 5.42. The van der Waals surface area contributed by atoms with Crippen molar-refractivity contribution in [1.82, 2.24) is 0 Å². The van der Waals surface area contributed by atoms with Crippen LogP contribution in [-0.2, 0) is 22.9 Å². The summed E-state index contributed by atoms with van der Waals surface area (Å²) in [5, 5.41) is 7.83. The first-order valence-corrected chi connectivity index (χ1v) is 11.6. The maximum absolute atomic E-state index is 12.8. The number of nitrogens with one attached hydrogen (secondary N) is 2. The molecule has 1 atom stereocenters. The number of anilines is 1. The lowest BCUT2D eigenvalue weighted by atomic mass is 9.93. The Morgan fingerprint density at radius 2 is 1.53 bits per heavy atom. The number of sulfonamides is 1. The van der Waals surface area contributed by atoms with E-state index >= 15 is 0 Å². The summed E-state index contributed by atoms with van der Waals surface area (Å²) in [6, 6.07) is 22.8. The SMILES string of the molecule is CC(=N)C(C)c1ccc(NS(=O)(=O)c2ccc(CCc3ccccc3)cc2)cc1C. The Morgan fingerprint density at radius 3 is 2.10 bits per heavy atom. The summed E-state index contributed by atoms with van der Waals surface area (Å²) < 4.78 is 28.2. The topological polar surface area (TPSA) is 70.0 Å². The molecule has 4 nitrogen and oxygen atoms in total. The molecular formula is C25H28N2O2S. The molecule has 0 heterocycles. The highest BCUT2D eigenvalue weighted by Gasteiger charge is 2.16. The van der Waals surface area contributed by atoms with Gasteiger partial charge in [-0.2, -0.15) is 0 Å². The Bertz CT molecular complexity index is 1120. The van der Waals surface area contributed by atoms with Gasteiger partial charge in [0.05, 0.1) is 4.90 Å². The molecule has 3 aromatic rings. The predicted octanol–water partition coefficient (Wildman–Crippen LogP) is 5.72. The van der Waals surface area contributed by atoms with Gasteiger partial charge in [0.15, 0.2) is 0 Å². The molecule has 3 aromatic carbocycles. The minimum Gasteiger partial charge on any atom is -0.309 e. The van der Waals surface area contributed by atoms with Crippen LogP contribution in [0.5, 0.6) is 0 Å². The summed E-state index contributed by atoms with van der Waals surface area (Å²) in [7, 11) is -3.66. The first kappa shape index (κ1) is 21.8. The van der Waals surface area contributed by atoms with Crippen molar-refractivity contribution in [1.29, 1.82) is 5.41 Å². The number of hydrogen-bond donors (Lipinski definition) is 2. The molecule has 0 fully saturated rings. The summed E-state index contributed by atoms with van der Waals surface area (Å²) in [6.45, 7) is 5.70. The van der Waals surface area contributed by atoms with Crippen molar-refractivity contribution >= 4 is 21.4 Å². The summed E-state index contributed by atoms with van der Waals surface area (Å²) in [4.78, 5) is 0.247. The number of benzene rings is 3. The zero-order valence-corrected chi connectivity index (χ0v) is 18.5. The molecule has 0 aliphatic rings. The number of aryl methyl sites for hydroxylation is 3. The normalized spacial score (nSPS) is 12.4. The van der Waals surface area contributed by atoms with Gasteiger partial charge in [-0.15, -0.1) is 0 Å². The number of rotatable bonds is 8. The highest BCUT2D eigenvalue weighted by Crippen LogP contribution is 2.25. The van der Waals surface area contributed by atoms with Crippen LogP contribution < -0.4 is 4.72 Å². The van der Waals surface area contributed by atoms with E-state index in [-0.39, 0.29) is 10.8 Å². The van der Waals surface area contributed by atoms with Gasteiger partial charge >= 0.3 is 0 Å². The molecule has 3 rings (SSSR count). The second-order valence-electron chi connectivity index (χ2n) is 7.71. The van der Waals surface area contributed by atoms with Crippen LogP contribution in [0.2, 0.25) is 0 Å². The van der Waals surface area contributed by atoms with Gasteiger partial charge in [-0.05, 0) is 73.2 Å². The van der Waals surface area contributed by atoms with E-state index in [1.165, 1.54) is 5.56 Å². The fraction of sp³-hybridized carbons (Fsp3) is 0.240. The van der Waals surface area contributed by atoms with E-state index in [1.807, 2.05) is 56.3 Å². The molecule has 0 saturated heterocycles. The second-order valence-corrected chi connectivity index (χ2v) is 9.39. The lowest BCUT2D eigenvalue weighted by Crippen LogP contribution is -2.13. The minimum atomic E-state index is -3.66. The lowest BCUT2D eigenvalue weighted by molar-refractivity contribution is 0.601. The van der Waals surface area contributed by atoms with E-state index < -0.39 is 10.0 Å². The van der Waals surface area contributed by atoms with Crippen molar-refractivity contribution in [3.63, 3.8) is 0 Å². The molecule has 0 bridgehead atoms. The van der Waals surface area contributed by atoms with E-state index in [4.69, 9.17) is 5.41 Å². The molecular weight excluding hydrogens is 392 g/mol. The molecule has 0 saturated carbocycles. The third-order valence-corrected chi connectivity index (χ3v) is 6.81. The van der Waals surface area contributed by atoms with Crippen LogP contribution in [0.4, 0.5) is 5.69 Å². The van der Waals surface area contributed by atoms with E-state index in [0.717, 1.165) is 29.5 Å². The highest BCUT2D eigenvalue weighted by atomic mass is 32.2. The number of hydrogen-bond acceptors (Lipinski definition) is 3. The van der Waals surface area contributed by atoms with Crippen molar-refractivity contribution in [3.8, 4) is 0 Å². The van der Waals surface area contributed by atoms with E-state index in [0.29, 0.717) is 11.4 Å². The van der Waals surface area contributed by atoms with Crippen LogP contribution in [0.25, 0.3) is 0 Å². The molecule has 0 aliphatic heterocycles. The van der Waals surface area contributed by atoms with Crippen LogP contribution in [0, 0.1) is 12.3 Å². The Morgan fingerprint density at radius 1 is 0.933 bits per heavy atom. The Labute approximate surface area is 179 Å². The van der Waals surface area contributed by atoms with Gasteiger partial charge in [0, 0.05) is 17.3 Å². The summed E-state index contributed by atoms with van der Waals surface area (Å²) >= 11 is 0. The molecule has 0 aromatic heterocycles. The van der Waals surface area contributed by atoms with Gasteiger partial charge < -0.3 is 5.41 Å². The second kappa shape index (κ2) is 9.26. The van der Waals surface area contributed by atoms with Gasteiger partial charge in [0.1, 0.15) is 0 Å². The van der Waals surface area contributed by atoms with Crippen LogP contribution in [0.15, 0.2) is 77.7 Å². The molecule has 156 valence electrons. The molecule has 0 aliphatic carbocycles. The molecule has 1 unspecified atom stereocenters. The van der Waals surface area contributed by atoms with Crippen molar-refractivity contribution < 1.29 is 8.42 Å². The van der Waals surface area contributed by atoms with E-state index in [2.05, 4.69) is 16.9 Å². The van der Waals surface area contributed by atoms with E-state index in [9.17, 15) is 8.42 Å². The molecule has 0 amide bonds. The summed E-state index contributed by atoms with van der Waals surface area (Å²) in [5.74, 6) is 0.0130. The molecule has 30 heavy (non-hydrogen) atoms. The standard InChI is InChI=1S/C25H28N2O2S/c1-18-17-23(13-16-25(18)19(2)20(3)26)27-30(28,29)24-14-11-22(12-15-24)10-9-21-7-5-4-6-8-21/h4-8,11-17,19,26-27H,9-10H2,1-3H3. The van der Waals surface area contributed by atoms with Crippen LogP contribution in [-0.4, -0.2) is 14.1 Å². The van der Waals surface area contributed by atoms with Gasteiger partial charge in [-0.3, -0.25) is 4.72 Å². The maximum atomic E-state index is 12.8. The van der Waals surface area contributed by atoms with Gasteiger partial charge in [-0.25, -0.2) is 8.42 Å². The Balaban J connectivity index is 1.69. The highest BCUT2D eigenvalue weighted by molar-refractivity contribution is 7.92. The van der Waals surface area contributed by atoms with Gasteiger partial charge in [0.2, 0.25) is 0 Å². The molecule has 0 spiro atoms. The quantitative estimate of drug-likeness (QED) is 0.457.